The van der Waals surface area contributed by atoms with Crippen LogP contribution in [0.25, 0.3) is 0 Å². The Bertz CT molecular complexity index is 634. The van der Waals surface area contributed by atoms with E-state index in [0.29, 0.717) is 28.3 Å². The van der Waals surface area contributed by atoms with Crippen molar-refractivity contribution in [2.75, 3.05) is 12.4 Å². The molecule has 0 atom stereocenters. The van der Waals surface area contributed by atoms with E-state index in [1.807, 2.05) is 24.3 Å². The number of thiocarbonyl (C=S) groups is 1. The number of rotatable bonds is 6. The first-order valence-corrected chi connectivity index (χ1v) is 8.08. The number of ether oxygens (including phenoxy) is 1. The van der Waals surface area contributed by atoms with Gasteiger partial charge in [-0.15, -0.1) is 0 Å². The molecule has 0 unspecified atom stereocenters. The van der Waals surface area contributed by atoms with Crippen LogP contribution in [0.15, 0.2) is 53.4 Å². The van der Waals surface area contributed by atoms with Gasteiger partial charge in [-0.3, -0.25) is 0 Å². The standard InChI is InChI=1S/C16H16F2N2OS2/c1-21-13-6-2-11(3-7-13)10-19-16(22)20-12-4-8-14(9-5-12)23-15(17)18/h2-9,15H,10H2,1H3,(H2,19,20,22). The predicted molar refractivity (Wildman–Crippen MR) is 94.4 cm³/mol. The van der Waals surface area contributed by atoms with E-state index in [4.69, 9.17) is 17.0 Å². The third-order valence-electron chi connectivity index (χ3n) is 2.95. The Hall–Kier alpha value is -1.86. The Morgan fingerprint density at radius 1 is 1.13 bits per heavy atom. The average molecular weight is 354 g/mol. The summed E-state index contributed by atoms with van der Waals surface area (Å²) in [6.45, 7) is 0.579. The van der Waals surface area contributed by atoms with Gasteiger partial charge in [0.1, 0.15) is 5.75 Å². The summed E-state index contributed by atoms with van der Waals surface area (Å²) in [4.78, 5) is 0.516. The summed E-state index contributed by atoms with van der Waals surface area (Å²) >= 11 is 5.73. The fraction of sp³-hybridized carbons (Fsp3) is 0.188. The van der Waals surface area contributed by atoms with E-state index in [-0.39, 0.29) is 0 Å². The van der Waals surface area contributed by atoms with Gasteiger partial charge in [0.05, 0.1) is 7.11 Å². The van der Waals surface area contributed by atoms with Gasteiger partial charge in [0.15, 0.2) is 5.11 Å². The number of hydrogen-bond donors (Lipinski definition) is 2. The molecule has 0 fully saturated rings. The van der Waals surface area contributed by atoms with Crippen LogP contribution in [0, 0.1) is 0 Å². The van der Waals surface area contributed by atoms with Crippen molar-refractivity contribution in [3.05, 3.63) is 54.1 Å². The molecule has 0 saturated carbocycles. The van der Waals surface area contributed by atoms with Crippen LogP contribution in [0.4, 0.5) is 14.5 Å². The highest BCUT2D eigenvalue weighted by Crippen LogP contribution is 2.26. The van der Waals surface area contributed by atoms with E-state index in [2.05, 4.69) is 10.6 Å². The van der Waals surface area contributed by atoms with Gasteiger partial charge in [-0.25, -0.2) is 0 Å². The molecule has 0 radical (unpaired) electrons. The summed E-state index contributed by atoms with van der Waals surface area (Å²) in [6.07, 6.45) is 0. The van der Waals surface area contributed by atoms with Crippen molar-refractivity contribution in [2.24, 2.45) is 0 Å². The highest BCUT2D eigenvalue weighted by molar-refractivity contribution is 7.99. The summed E-state index contributed by atoms with van der Waals surface area (Å²) < 4.78 is 29.6. The Balaban J connectivity index is 1.81. The molecule has 0 saturated heterocycles. The number of thioether (sulfide) groups is 1. The smallest absolute Gasteiger partial charge is 0.288 e. The number of halogens is 2. The molecule has 23 heavy (non-hydrogen) atoms. The number of nitrogens with one attached hydrogen (secondary N) is 2. The monoisotopic (exact) mass is 354 g/mol. The van der Waals surface area contributed by atoms with Crippen LogP contribution in [-0.2, 0) is 6.54 Å². The largest absolute Gasteiger partial charge is 0.497 e. The molecule has 0 heterocycles. The van der Waals surface area contributed by atoms with E-state index >= 15 is 0 Å². The van der Waals surface area contributed by atoms with Crippen molar-refractivity contribution < 1.29 is 13.5 Å². The lowest BCUT2D eigenvalue weighted by molar-refractivity contribution is 0.252. The van der Waals surface area contributed by atoms with Crippen LogP contribution in [-0.4, -0.2) is 18.0 Å². The Kier molecular flexibility index (Phi) is 6.61. The summed E-state index contributed by atoms with van der Waals surface area (Å²) in [5, 5.41) is 6.57. The van der Waals surface area contributed by atoms with Crippen molar-refractivity contribution in [2.45, 2.75) is 17.2 Å². The van der Waals surface area contributed by atoms with Crippen molar-refractivity contribution in [3.8, 4) is 5.75 Å². The van der Waals surface area contributed by atoms with Gasteiger partial charge < -0.3 is 15.4 Å². The fourth-order valence-corrected chi connectivity index (χ4v) is 2.51. The van der Waals surface area contributed by atoms with Crippen LogP contribution >= 0.6 is 24.0 Å². The zero-order valence-corrected chi connectivity index (χ0v) is 14.0. The van der Waals surface area contributed by atoms with Gasteiger partial charge in [-0.2, -0.15) is 8.78 Å². The topological polar surface area (TPSA) is 33.3 Å². The number of methoxy groups -OCH3 is 1. The second-order valence-corrected chi connectivity index (χ2v) is 6.03. The highest BCUT2D eigenvalue weighted by Gasteiger charge is 2.05. The van der Waals surface area contributed by atoms with E-state index in [1.165, 1.54) is 0 Å². The van der Waals surface area contributed by atoms with Crippen LogP contribution in [0.1, 0.15) is 5.56 Å². The maximum Gasteiger partial charge on any atom is 0.288 e. The molecule has 0 bridgehead atoms. The normalized spacial score (nSPS) is 10.4. The molecular weight excluding hydrogens is 338 g/mol. The molecule has 0 aliphatic heterocycles. The second kappa shape index (κ2) is 8.69. The third kappa shape index (κ3) is 6.03. The zero-order valence-electron chi connectivity index (χ0n) is 12.4. The molecule has 0 amide bonds. The van der Waals surface area contributed by atoms with Crippen molar-refractivity contribution in [1.82, 2.24) is 5.32 Å². The maximum atomic E-state index is 12.2. The van der Waals surface area contributed by atoms with Gasteiger partial charge in [0.25, 0.3) is 5.76 Å². The molecule has 122 valence electrons. The van der Waals surface area contributed by atoms with Crippen LogP contribution in [0.3, 0.4) is 0 Å². The van der Waals surface area contributed by atoms with Gasteiger partial charge in [-0.1, -0.05) is 23.9 Å². The molecular formula is C16H16F2N2OS2. The summed E-state index contributed by atoms with van der Waals surface area (Å²) in [5.74, 6) is -1.61. The van der Waals surface area contributed by atoms with E-state index in [1.54, 1.807) is 31.4 Å². The van der Waals surface area contributed by atoms with Gasteiger partial charge >= 0.3 is 0 Å². The second-order valence-electron chi connectivity index (χ2n) is 4.56. The molecule has 2 aromatic carbocycles. The van der Waals surface area contributed by atoms with Gasteiger partial charge in [0.2, 0.25) is 0 Å². The molecule has 0 aliphatic rings. The lowest BCUT2D eigenvalue weighted by Crippen LogP contribution is -2.27. The Morgan fingerprint density at radius 3 is 2.35 bits per heavy atom. The molecule has 2 aromatic rings. The van der Waals surface area contributed by atoms with Crippen molar-refractivity contribution in [3.63, 3.8) is 0 Å². The maximum absolute atomic E-state index is 12.2. The lowest BCUT2D eigenvalue weighted by atomic mass is 10.2. The average Bonchev–Trinajstić information content (AvgIpc) is 2.55. The Morgan fingerprint density at radius 2 is 1.78 bits per heavy atom. The number of benzene rings is 2. The quantitative estimate of drug-likeness (QED) is 0.590. The Labute approximate surface area is 143 Å². The molecule has 0 aliphatic carbocycles. The lowest BCUT2D eigenvalue weighted by Gasteiger charge is -2.11. The molecule has 7 heteroatoms. The molecule has 2 N–H and O–H groups in total. The van der Waals surface area contributed by atoms with E-state index < -0.39 is 5.76 Å². The SMILES string of the molecule is COc1ccc(CNC(=S)Nc2ccc(SC(F)F)cc2)cc1. The molecule has 0 spiro atoms. The van der Waals surface area contributed by atoms with Crippen molar-refractivity contribution in [1.29, 1.82) is 0 Å². The van der Waals surface area contributed by atoms with Crippen LogP contribution in [0.5, 0.6) is 5.75 Å². The summed E-state index contributed by atoms with van der Waals surface area (Å²) in [5.41, 5.74) is 1.81. The zero-order chi connectivity index (χ0) is 16.7. The van der Waals surface area contributed by atoms with E-state index in [9.17, 15) is 8.78 Å². The minimum atomic E-state index is -2.42. The van der Waals surface area contributed by atoms with Crippen LogP contribution in [0.2, 0.25) is 0 Å². The first kappa shape index (κ1) is 17.5. The number of alkyl halides is 2. The first-order chi connectivity index (χ1) is 11.1. The highest BCUT2D eigenvalue weighted by atomic mass is 32.2. The number of anilines is 1. The molecule has 0 aromatic heterocycles. The minimum Gasteiger partial charge on any atom is -0.497 e. The van der Waals surface area contributed by atoms with Gasteiger partial charge in [-0.05, 0) is 54.2 Å². The number of hydrogen-bond acceptors (Lipinski definition) is 3. The first-order valence-electron chi connectivity index (χ1n) is 6.79. The molecule has 3 nitrogen and oxygen atoms in total. The minimum absolute atomic E-state index is 0.468. The third-order valence-corrected chi connectivity index (χ3v) is 3.92. The molecule has 2 rings (SSSR count). The summed E-state index contributed by atoms with van der Waals surface area (Å²) in [7, 11) is 1.62. The van der Waals surface area contributed by atoms with E-state index in [0.717, 1.165) is 17.0 Å². The van der Waals surface area contributed by atoms with Crippen LogP contribution < -0.4 is 15.4 Å². The van der Waals surface area contributed by atoms with Crippen molar-refractivity contribution >= 4 is 34.8 Å². The predicted octanol–water partition coefficient (Wildman–Crippen LogP) is 4.50. The fourth-order valence-electron chi connectivity index (χ4n) is 1.82. The van der Waals surface area contributed by atoms with Gasteiger partial charge in [0, 0.05) is 17.1 Å². The summed E-state index contributed by atoms with van der Waals surface area (Å²) in [6, 6.07) is 14.4.